The van der Waals surface area contributed by atoms with Crippen molar-refractivity contribution in [2.24, 2.45) is 0 Å². The standard InChI is InChI=1S/C28H30FN7O2/c1-16(2)27-33-25(34-38-27)18-6-9-35(10-7-18)26-23-14-19(29)13-22(24(23)31-15-32-26)21-5-4-20(12-17(21)3)36-11-8-30-28(36)37/h4-5,12-16,18H,6-11H2,1-3H3,(H,30,37). The maximum Gasteiger partial charge on any atom is 0.321 e. The van der Waals surface area contributed by atoms with E-state index in [4.69, 9.17) is 4.52 Å². The molecule has 38 heavy (non-hydrogen) atoms. The molecule has 2 aromatic heterocycles. The summed E-state index contributed by atoms with van der Waals surface area (Å²) in [4.78, 5) is 29.7. The Morgan fingerprint density at radius 1 is 1.08 bits per heavy atom. The highest BCUT2D eigenvalue weighted by Gasteiger charge is 2.27. The lowest BCUT2D eigenvalue weighted by Crippen LogP contribution is -2.34. The lowest BCUT2D eigenvalue weighted by atomic mass is 9.95. The average Bonchev–Trinajstić information content (AvgIpc) is 3.58. The molecule has 2 fully saturated rings. The summed E-state index contributed by atoms with van der Waals surface area (Å²) in [6.45, 7) is 8.79. The van der Waals surface area contributed by atoms with Crippen molar-refractivity contribution in [1.29, 1.82) is 0 Å². The van der Waals surface area contributed by atoms with Crippen LogP contribution in [-0.4, -0.2) is 52.3 Å². The minimum Gasteiger partial charge on any atom is -0.356 e. The number of urea groups is 1. The number of nitrogens with one attached hydrogen (secondary N) is 1. The number of nitrogens with zero attached hydrogens (tertiary/aromatic N) is 6. The van der Waals surface area contributed by atoms with Crippen LogP contribution >= 0.6 is 0 Å². The molecule has 9 nitrogen and oxygen atoms in total. The summed E-state index contributed by atoms with van der Waals surface area (Å²) in [5, 5.41) is 7.71. The van der Waals surface area contributed by atoms with E-state index in [-0.39, 0.29) is 23.7 Å². The number of aryl methyl sites for hydroxylation is 1. The number of carbonyl (C=O) groups excluding carboxylic acids is 1. The summed E-state index contributed by atoms with van der Waals surface area (Å²) in [5.41, 5.74) is 4.05. The van der Waals surface area contributed by atoms with Crippen molar-refractivity contribution < 1.29 is 13.7 Å². The Morgan fingerprint density at radius 2 is 1.89 bits per heavy atom. The normalized spacial score (nSPS) is 16.6. The van der Waals surface area contributed by atoms with Gasteiger partial charge in [0, 0.05) is 54.7 Å². The van der Waals surface area contributed by atoms with Gasteiger partial charge < -0.3 is 14.7 Å². The predicted octanol–water partition coefficient (Wildman–Crippen LogP) is 5.16. The molecule has 4 heterocycles. The summed E-state index contributed by atoms with van der Waals surface area (Å²) in [5.74, 6) is 2.25. The number of anilines is 2. The van der Waals surface area contributed by atoms with Crippen LogP contribution < -0.4 is 15.1 Å². The van der Waals surface area contributed by atoms with Gasteiger partial charge in [0.05, 0.1) is 5.52 Å². The number of hydrogen-bond donors (Lipinski definition) is 1. The lowest BCUT2D eigenvalue weighted by Gasteiger charge is -2.32. The number of hydrogen-bond acceptors (Lipinski definition) is 7. The molecule has 2 amide bonds. The number of aromatic nitrogens is 4. The first-order chi connectivity index (χ1) is 18.4. The lowest BCUT2D eigenvalue weighted by molar-refractivity contribution is 0.252. The molecule has 0 saturated carbocycles. The number of carbonyl (C=O) groups is 1. The van der Waals surface area contributed by atoms with Gasteiger partial charge in [0.2, 0.25) is 5.89 Å². The quantitative estimate of drug-likeness (QED) is 0.392. The van der Waals surface area contributed by atoms with E-state index < -0.39 is 0 Å². The molecule has 2 aromatic carbocycles. The van der Waals surface area contributed by atoms with E-state index in [1.165, 1.54) is 12.1 Å². The Hall–Kier alpha value is -4.08. The highest BCUT2D eigenvalue weighted by atomic mass is 19.1. The maximum atomic E-state index is 15.0. The second kappa shape index (κ2) is 9.66. The fraction of sp³-hybridized carbons (Fsp3) is 0.393. The zero-order valence-electron chi connectivity index (χ0n) is 21.7. The maximum absolute atomic E-state index is 15.0. The van der Waals surface area contributed by atoms with E-state index in [9.17, 15) is 4.79 Å². The SMILES string of the molecule is Cc1cc(N2CCNC2=O)ccc1-c1cc(F)cc2c(N3CCC(c4noc(C(C)C)n4)CC3)ncnc12. The first-order valence-electron chi connectivity index (χ1n) is 13.1. The first-order valence-corrected chi connectivity index (χ1v) is 13.1. The molecule has 196 valence electrons. The Labute approximate surface area is 220 Å². The van der Waals surface area contributed by atoms with E-state index in [2.05, 4.69) is 30.3 Å². The van der Waals surface area contributed by atoms with Gasteiger partial charge in [-0.15, -0.1) is 0 Å². The van der Waals surface area contributed by atoms with Gasteiger partial charge in [0.25, 0.3) is 0 Å². The molecule has 0 atom stereocenters. The van der Waals surface area contributed by atoms with Gasteiger partial charge in [-0.1, -0.05) is 25.1 Å². The molecule has 0 bridgehead atoms. The number of rotatable bonds is 5. The third kappa shape index (κ3) is 4.33. The van der Waals surface area contributed by atoms with Crippen LogP contribution in [0.1, 0.15) is 55.8 Å². The number of fused-ring (bicyclic) bond motifs is 1. The molecule has 2 aliphatic heterocycles. The van der Waals surface area contributed by atoms with E-state index in [0.29, 0.717) is 35.4 Å². The average molecular weight is 516 g/mol. The summed E-state index contributed by atoms with van der Waals surface area (Å²) < 4.78 is 20.4. The molecule has 0 spiro atoms. The zero-order valence-corrected chi connectivity index (χ0v) is 21.7. The minimum absolute atomic E-state index is 0.103. The Kier molecular flexibility index (Phi) is 6.17. The van der Waals surface area contributed by atoms with E-state index in [0.717, 1.165) is 54.4 Å². The molecule has 4 aromatic rings. The molecule has 6 rings (SSSR count). The van der Waals surface area contributed by atoms with Gasteiger partial charge >= 0.3 is 6.03 Å². The third-order valence-corrected chi connectivity index (χ3v) is 7.46. The van der Waals surface area contributed by atoms with Crippen LogP contribution in [0.5, 0.6) is 0 Å². The Bertz CT molecular complexity index is 1510. The molecular formula is C28H30FN7O2. The number of amides is 2. The van der Waals surface area contributed by atoms with Crippen LogP contribution in [0.25, 0.3) is 22.0 Å². The molecule has 0 radical (unpaired) electrons. The van der Waals surface area contributed by atoms with Crippen molar-refractivity contribution in [1.82, 2.24) is 25.4 Å². The van der Waals surface area contributed by atoms with Crippen molar-refractivity contribution in [3.8, 4) is 11.1 Å². The van der Waals surface area contributed by atoms with Crippen molar-refractivity contribution in [2.75, 3.05) is 36.0 Å². The first kappa shape index (κ1) is 24.3. The predicted molar refractivity (Wildman–Crippen MR) is 143 cm³/mol. The Morgan fingerprint density at radius 3 is 2.58 bits per heavy atom. The summed E-state index contributed by atoms with van der Waals surface area (Å²) in [7, 11) is 0. The molecular weight excluding hydrogens is 485 g/mol. The highest BCUT2D eigenvalue weighted by molar-refractivity contribution is 6.00. The molecule has 0 unspecified atom stereocenters. The highest BCUT2D eigenvalue weighted by Crippen LogP contribution is 2.37. The van der Waals surface area contributed by atoms with E-state index >= 15 is 4.39 Å². The number of benzene rings is 2. The summed E-state index contributed by atoms with van der Waals surface area (Å²) >= 11 is 0. The second-order valence-corrected chi connectivity index (χ2v) is 10.3. The van der Waals surface area contributed by atoms with Crippen LogP contribution in [-0.2, 0) is 0 Å². The summed E-state index contributed by atoms with van der Waals surface area (Å²) in [6.07, 6.45) is 3.27. The minimum atomic E-state index is -0.339. The molecule has 10 heteroatoms. The number of piperidine rings is 1. The van der Waals surface area contributed by atoms with Gasteiger partial charge in [-0.2, -0.15) is 4.98 Å². The topological polar surface area (TPSA) is 100 Å². The van der Waals surface area contributed by atoms with Gasteiger partial charge in [-0.05, 0) is 55.2 Å². The zero-order chi connectivity index (χ0) is 26.4. The van der Waals surface area contributed by atoms with Gasteiger partial charge in [0.1, 0.15) is 18.0 Å². The van der Waals surface area contributed by atoms with Crippen LogP contribution in [0.3, 0.4) is 0 Å². The largest absolute Gasteiger partial charge is 0.356 e. The molecule has 0 aliphatic carbocycles. The van der Waals surface area contributed by atoms with Crippen molar-refractivity contribution in [3.05, 3.63) is 59.8 Å². The fourth-order valence-electron chi connectivity index (χ4n) is 5.41. The van der Waals surface area contributed by atoms with Crippen LogP contribution in [0.4, 0.5) is 20.7 Å². The van der Waals surface area contributed by atoms with Crippen molar-refractivity contribution in [3.63, 3.8) is 0 Å². The molecule has 2 aliphatic rings. The van der Waals surface area contributed by atoms with Crippen LogP contribution in [0.2, 0.25) is 0 Å². The van der Waals surface area contributed by atoms with E-state index in [1.54, 1.807) is 11.2 Å². The van der Waals surface area contributed by atoms with Gasteiger partial charge in [-0.25, -0.2) is 19.2 Å². The Balaban J connectivity index is 1.30. The van der Waals surface area contributed by atoms with Gasteiger partial charge in [-0.3, -0.25) is 4.90 Å². The van der Waals surface area contributed by atoms with Gasteiger partial charge in [0.15, 0.2) is 5.82 Å². The van der Waals surface area contributed by atoms with Crippen molar-refractivity contribution in [2.45, 2.75) is 45.4 Å². The van der Waals surface area contributed by atoms with Crippen molar-refractivity contribution >= 4 is 28.4 Å². The molecule has 2 saturated heterocycles. The number of halogens is 1. The van der Waals surface area contributed by atoms with Crippen LogP contribution in [0, 0.1) is 12.7 Å². The third-order valence-electron chi connectivity index (χ3n) is 7.46. The van der Waals surface area contributed by atoms with E-state index in [1.807, 2.05) is 39.0 Å². The molecule has 1 N–H and O–H groups in total. The van der Waals surface area contributed by atoms with Crippen LogP contribution in [0.15, 0.2) is 41.2 Å². The fourth-order valence-corrected chi connectivity index (χ4v) is 5.41. The monoisotopic (exact) mass is 515 g/mol. The second-order valence-electron chi connectivity index (χ2n) is 10.3. The summed E-state index contributed by atoms with van der Waals surface area (Å²) in [6, 6.07) is 8.75. The smallest absolute Gasteiger partial charge is 0.321 e.